The Labute approximate surface area is 165 Å². The number of carbonyl (C=O) groups is 1. The Hall–Kier alpha value is -2.60. The molecule has 0 saturated carbocycles. The molecule has 6 heteroatoms. The predicted molar refractivity (Wildman–Crippen MR) is 109 cm³/mol. The predicted octanol–water partition coefficient (Wildman–Crippen LogP) is 3.26. The average Bonchev–Trinajstić information content (AvgIpc) is 3.19. The molecule has 0 spiro atoms. The van der Waals surface area contributed by atoms with Crippen molar-refractivity contribution in [2.24, 2.45) is 0 Å². The van der Waals surface area contributed by atoms with Crippen molar-refractivity contribution in [3.8, 4) is 0 Å². The third kappa shape index (κ3) is 4.28. The Kier molecular flexibility index (Phi) is 5.76. The van der Waals surface area contributed by atoms with Crippen molar-refractivity contribution in [2.45, 2.75) is 32.6 Å². The van der Waals surface area contributed by atoms with Gasteiger partial charge in [-0.25, -0.2) is 4.98 Å². The highest BCUT2D eigenvalue weighted by molar-refractivity contribution is 5.73. The van der Waals surface area contributed by atoms with Crippen LogP contribution in [0.4, 0.5) is 17.2 Å². The first kappa shape index (κ1) is 18.7. The van der Waals surface area contributed by atoms with Crippen LogP contribution in [-0.4, -0.2) is 43.9 Å². The highest BCUT2D eigenvalue weighted by Gasteiger charge is 2.21. The van der Waals surface area contributed by atoms with Gasteiger partial charge in [0.05, 0.1) is 26.2 Å². The highest BCUT2D eigenvalue weighted by atomic mass is 16.5. The number of benzene rings is 1. The fourth-order valence-corrected chi connectivity index (χ4v) is 3.83. The summed E-state index contributed by atoms with van der Waals surface area (Å²) in [4.78, 5) is 18.9. The second-order valence-corrected chi connectivity index (χ2v) is 7.21. The number of anilines is 3. The number of morpholine rings is 1. The van der Waals surface area contributed by atoms with Gasteiger partial charge in [0.15, 0.2) is 0 Å². The van der Waals surface area contributed by atoms with E-state index in [0.29, 0.717) is 13.0 Å². The zero-order valence-electron chi connectivity index (χ0n) is 16.4. The standard InChI is InChI=1S/C22H27N3O3/c1-2-28-22(26)14-16-6-8-17(9-7-16)23-20-15-21(25-10-12-27-13-11-25)24-19-5-3-4-18(19)20/h6-9,15H,2-5,10-14H2,1H3,(H,23,24). The van der Waals surface area contributed by atoms with E-state index in [1.54, 1.807) is 0 Å². The van der Waals surface area contributed by atoms with Crippen LogP contribution in [0, 0.1) is 0 Å². The molecule has 1 N–H and O–H groups in total. The van der Waals surface area contributed by atoms with Crippen molar-refractivity contribution < 1.29 is 14.3 Å². The van der Waals surface area contributed by atoms with Gasteiger partial charge in [0, 0.05) is 36.2 Å². The summed E-state index contributed by atoms with van der Waals surface area (Å²) in [6.07, 6.45) is 3.57. The van der Waals surface area contributed by atoms with Crippen LogP contribution in [0.2, 0.25) is 0 Å². The number of nitrogens with one attached hydrogen (secondary N) is 1. The van der Waals surface area contributed by atoms with Gasteiger partial charge in [-0.2, -0.15) is 0 Å². The summed E-state index contributed by atoms with van der Waals surface area (Å²) in [5.74, 6) is 0.843. The van der Waals surface area contributed by atoms with Gasteiger partial charge in [0.2, 0.25) is 0 Å². The first-order valence-electron chi connectivity index (χ1n) is 10.1. The summed E-state index contributed by atoms with van der Waals surface area (Å²) in [5.41, 5.74) is 5.65. The molecule has 148 valence electrons. The van der Waals surface area contributed by atoms with Crippen molar-refractivity contribution in [1.82, 2.24) is 4.98 Å². The van der Waals surface area contributed by atoms with E-state index < -0.39 is 0 Å². The Morgan fingerprint density at radius 2 is 2.00 bits per heavy atom. The Bertz CT molecular complexity index is 830. The van der Waals surface area contributed by atoms with Crippen molar-refractivity contribution in [1.29, 1.82) is 0 Å². The monoisotopic (exact) mass is 381 g/mol. The maximum atomic E-state index is 11.6. The number of pyridine rings is 1. The summed E-state index contributed by atoms with van der Waals surface area (Å²) in [5, 5.41) is 3.58. The number of nitrogens with zero attached hydrogens (tertiary/aromatic N) is 2. The van der Waals surface area contributed by atoms with Crippen molar-refractivity contribution >= 4 is 23.2 Å². The van der Waals surface area contributed by atoms with Crippen LogP contribution in [0.15, 0.2) is 30.3 Å². The molecular weight excluding hydrogens is 354 g/mol. The first-order chi connectivity index (χ1) is 13.7. The largest absolute Gasteiger partial charge is 0.466 e. The number of ether oxygens (including phenoxy) is 2. The Morgan fingerprint density at radius 1 is 1.21 bits per heavy atom. The van der Waals surface area contributed by atoms with Gasteiger partial charge in [0.1, 0.15) is 5.82 Å². The van der Waals surface area contributed by atoms with E-state index >= 15 is 0 Å². The molecule has 2 aromatic rings. The van der Waals surface area contributed by atoms with Gasteiger partial charge in [-0.05, 0) is 49.4 Å². The molecule has 2 heterocycles. The van der Waals surface area contributed by atoms with Crippen LogP contribution in [0.25, 0.3) is 0 Å². The van der Waals surface area contributed by atoms with E-state index in [1.165, 1.54) is 11.3 Å². The highest BCUT2D eigenvalue weighted by Crippen LogP contribution is 2.33. The molecule has 28 heavy (non-hydrogen) atoms. The number of esters is 1. The van der Waals surface area contributed by atoms with Crippen molar-refractivity contribution in [2.75, 3.05) is 43.1 Å². The van der Waals surface area contributed by atoms with Gasteiger partial charge < -0.3 is 19.7 Å². The normalized spacial score (nSPS) is 16.0. The summed E-state index contributed by atoms with van der Waals surface area (Å²) in [6.45, 7) is 5.51. The summed E-state index contributed by atoms with van der Waals surface area (Å²) in [7, 11) is 0. The average molecular weight is 381 g/mol. The molecule has 1 saturated heterocycles. The summed E-state index contributed by atoms with van der Waals surface area (Å²) < 4.78 is 10.5. The number of hydrogen-bond acceptors (Lipinski definition) is 6. The van der Waals surface area contributed by atoms with E-state index in [9.17, 15) is 4.79 Å². The maximum Gasteiger partial charge on any atom is 0.310 e. The lowest BCUT2D eigenvalue weighted by molar-refractivity contribution is -0.142. The van der Waals surface area contributed by atoms with Crippen molar-refractivity contribution in [3.63, 3.8) is 0 Å². The molecule has 1 aliphatic carbocycles. The molecule has 2 aliphatic rings. The van der Waals surface area contributed by atoms with Crippen LogP contribution < -0.4 is 10.2 Å². The van der Waals surface area contributed by atoms with E-state index in [-0.39, 0.29) is 5.97 Å². The van der Waals surface area contributed by atoms with Crippen LogP contribution in [0.3, 0.4) is 0 Å². The number of aromatic nitrogens is 1. The van der Waals surface area contributed by atoms with Gasteiger partial charge in [-0.1, -0.05) is 12.1 Å². The quantitative estimate of drug-likeness (QED) is 0.775. The second-order valence-electron chi connectivity index (χ2n) is 7.21. The van der Waals surface area contributed by atoms with E-state index in [1.807, 2.05) is 31.2 Å². The number of rotatable bonds is 6. The minimum atomic E-state index is -0.190. The lowest BCUT2D eigenvalue weighted by Crippen LogP contribution is -2.36. The molecule has 1 fully saturated rings. The molecule has 0 amide bonds. The third-order valence-corrected chi connectivity index (χ3v) is 5.26. The summed E-state index contributed by atoms with van der Waals surface area (Å²) in [6, 6.07) is 10.2. The number of carbonyl (C=O) groups excluding carboxylic acids is 1. The minimum Gasteiger partial charge on any atom is -0.466 e. The molecule has 1 aliphatic heterocycles. The fraction of sp³-hybridized carbons (Fsp3) is 0.455. The molecule has 0 atom stereocenters. The summed E-state index contributed by atoms with van der Waals surface area (Å²) >= 11 is 0. The molecule has 6 nitrogen and oxygen atoms in total. The molecule has 0 bridgehead atoms. The molecular formula is C22H27N3O3. The SMILES string of the molecule is CCOC(=O)Cc1ccc(Nc2cc(N3CCOCC3)nc3c2CCC3)cc1. The minimum absolute atomic E-state index is 0.190. The van der Waals surface area contributed by atoms with E-state index in [4.69, 9.17) is 14.5 Å². The number of aryl methyl sites for hydroxylation is 1. The second kappa shape index (κ2) is 8.61. The van der Waals surface area contributed by atoms with Crippen LogP contribution in [-0.2, 0) is 33.5 Å². The number of hydrogen-bond donors (Lipinski definition) is 1. The van der Waals surface area contributed by atoms with Gasteiger partial charge >= 0.3 is 5.97 Å². The number of fused-ring (bicyclic) bond motifs is 1. The fourth-order valence-electron chi connectivity index (χ4n) is 3.83. The molecule has 1 aromatic heterocycles. The lowest BCUT2D eigenvalue weighted by atomic mass is 10.1. The molecule has 1 aromatic carbocycles. The Balaban J connectivity index is 1.52. The van der Waals surface area contributed by atoms with Gasteiger partial charge in [-0.3, -0.25) is 4.79 Å². The molecule has 4 rings (SSSR count). The van der Waals surface area contributed by atoms with E-state index in [2.05, 4.69) is 16.3 Å². The van der Waals surface area contributed by atoms with Gasteiger partial charge in [0.25, 0.3) is 0 Å². The first-order valence-corrected chi connectivity index (χ1v) is 10.1. The zero-order valence-corrected chi connectivity index (χ0v) is 16.4. The van der Waals surface area contributed by atoms with Gasteiger partial charge in [-0.15, -0.1) is 0 Å². The molecule has 0 radical (unpaired) electrons. The zero-order chi connectivity index (χ0) is 19.3. The topological polar surface area (TPSA) is 63.7 Å². The third-order valence-electron chi connectivity index (χ3n) is 5.26. The van der Waals surface area contributed by atoms with Crippen LogP contribution in [0.5, 0.6) is 0 Å². The van der Waals surface area contributed by atoms with Crippen molar-refractivity contribution in [3.05, 3.63) is 47.2 Å². The van der Waals surface area contributed by atoms with Crippen LogP contribution >= 0.6 is 0 Å². The lowest BCUT2D eigenvalue weighted by Gasteiger charge is -2.29. The smallest absolute Gasteiger partial charge is 0.310 e. The van der Waals surface area contributed by atoms with E-state index in [0.717, 1.165) is 68.3 Å². The maximum absolute atomic E-state index is 11.6. The molecule has 0 unspecified atom stereocenters. The van der Waals surface area contributed by atoms with Crippen LogP contribution in [0.1, 0.15) is 30.2 Å². The Morgan fingerprint density at radius 3 is 2.75 bits per heavy atom.